The Kier molecular flexibility index (Phi) is 7.89. The fourth-order valence-corrected chi connectivity index (χ4v) is 5.42. The first-order valence-corrected chi connectivity index (χ1v) is 13.9. The molecule has 0 aliphatic carbocycles. The summed E-state index contributed by atoms with van der Waals surface area (Å²) in [6, 6.07) is 5.68. The molecule has 2 aliphatic rings. The lowest BCUT2D eigenvalue weighted by Crippen LogP contribution is -2.65. The molecule has 9 heteroatoms. The highest BCUT2D eigenvalue weighted by Gasteiger charge is 2.51. The molecule has 0 spiro atoms. The third kappa shape index (κ3) is 5.93. The standard InChI is InChI=1S/C31H41N3O6/c1-19(2)15-16-23-21(20-12-9-10-13-22(20)33(23)28(37)39-30(3,4)5)18-25-26(35)32-17-11-14-24(32)27(36)34(25)29(38)40-31(6,7)8/h9-10,12-13,15,24-25H,11,14,16-18H2,1-8H3/t24-,25-/m0/s1. The van der Waals surface area contributed by atoms with E-state index in [1.165, 1.54) is 0 Å². The third-order valence-corrected chi connectivity index (χ3v) is 7.01. The van der Waals surface area contributed by atoms with Gasteiger partial charge in [0.2, 0.25) is 5.91 Å². The van der Waals surface area contributed by atoms with E-state index in [0.717, 1.165) is 21.4 Å². The number of hydrogen-bond donors (Lipinski definition) is 0. The van der Waals surface area contributed by atoms with Crippen LogP contribution in [0, 0.1) is 0 Å². The van der Waals surface area contributed by atoms with Gasteiger partial charge in [-0.25, -0.2) is 19.1 Å². The van der Waals surface area contributed by atoms with Crippen molar-refractivity contribution in [1.82, 2.24) is 14.4 Å². The summed E-state index contributed by atoms with van der Waals surface area (Å²) in [7, 11) is 0. The number of fused-ring (bicyclic) bond motifs is 2. The predicted molar refractivity (Wildman–Crippen MR) is 152 cm³/mol. The SMILES string of the molecule is CC(C)=CCc1c(C[C@H]2C(=O)N3CCC[C@H]3C(=O)N2C(=O)OC(C)(C)C)c2ccccc2n1C(=O)OC(C)(C)C. The van der Waals surface area contributed by atoms with Crippen molar-refractivity contribution in [2.75, 3.05) is 6.54 Å². The lowest BCUT2D eigenvalue weighted by atomic mass is 9.96. The molecule has 2 atom stereocenters. The first-order chi connectivity index (χ1) is 18.6. The summed E-state index contributed by atoms with van der Waals surface area (Å²) < 4.78 is 13.0. The Morgan fingerprint density at radius 2 is 1.57 bits per heavy atom. The van der Waals surface area contributed by atoms with Crippen molar-refractivity contribution in [3.63, 3.8) is 0 Å². The molecule has 0 unspecified atom stereocenters. The molecule has 3 heterocycles. The first-order valence-electron chi connectivity index (χ1n) is 13.9. The summed E-state index contributed by atoms with van der Waals surface area (Å²) in [4.78, 5) is 57.1. The van der Waals surface area contributed by atoms with Gasteiger partial charge in [0.1, 0.15) is 23.3 Å². The normalized spacial score (nSPS) is 19.6. The summed E-state index contributed by atoms with van der Waals surface area (Å²) in [5, 5.41) is 0.762. The molecule has 2 saturated heterocycles. The van der Waals surface area contributed by atoms with Gasteiger partial charge in [0.15, 0.2) is 0 Å². The number of carbonyl (C=O) groups excluding carboxylic acids is 4. The van der Waals surface area contributed by atoms with Crippen LogP contribution in [0.25, 0.3) is 10.9 Å². The zero-order valence-electron chi connectivity index (χ0n) is 24.9. The molecular formula is C31H41N3O6. The van der Waals surface area contributed by atoms with E-state index in [1.54, 1.807) is 30.2 Å². The summed E-state index contributed by atoms with van der Waals surface area (Å²) >= 11 is 0. The molecule has 4 rings (SSSR count). The quantitative estimate of drug-likeness (QED) is 0.458. The number of allylic oxidation sites excluding steroid dienone is 2. The summed E-state index contributed by atoms with van der Waals surface area (Å²) in [5.74, 6) is -0.701. The van der Waals surface area contributed by atoms with Crippen molar-refractivity contribution >= 4 is 34.9 Å². The first kappa shape index (κ1) is 29.4. The second-order valence-corrected chi connectivity index (χ2v) is 12.8. The molecule has 2 aromatic rings. The molecule has 1 aromatic heterocycles. The van der Waals surface area contributed by atoms with Gasteiger partial charge in [-0.2, -0.15) is 0 Å². The fourth-order valence-electron chi connectivity index (χ4n) is 5.42. The maximum Gasteiger partial charge on any atom is 0.419 e. The molecule has 2 fully saturated rings. The zero-order valence-corrected chi connectivity index (χ0v) is 24.9. The van der Waals surface area contributed by atoms with E-state index >= 15 is 0 Å². The van der Waals surface area contributed by atoms with Crippen LogP contribution in [0.4, 0.5) is 9.59 Å². The second-order valence-electron chi connectivity index (χ2n) is 12.8. The number of ether oxygens (including phenoxy) is 2. The van der Waals surface area contributed by atoms with Gasteiger partial charge < -0.3 is 14.4 Å². The van der Waals surface area contributed by atoms with Crippen LogP contribution in [0.15, 0.2) is 35.9 Å². The van der Waals surface area contributed by atoms with Crippen LogP contribution in [-0.2, 0) is 31.9 Å². The molecule has 0 radical (unpaired) electrons. The Morgan fingerprint density at radius 1 is 0.950 bits per heavy atom. The molecule has 0 bridgehead atoms. The van der Waals surface area contributed by atoms with Crippen molar-refractivity contribution < 1.29 is 28.7 Å². The number of para-hydroxylation sites is 1. The number of aromatic nitrogens is 1. The highest BCUT2D eigenvalue weighted by Crippen LogP contribution is 2.34. The van der Waals surface area contributed by atoms with Gasteiger partial charge in [-0.15, -0.1) is 0 Å². The average Bonchev–Trinajstić information content (AvgIpc) is 3.42. The topological polar surface area (TPSA) is 98.1 Å². The van der Waals surface area contributed by atoms with E-state index in [2.05, 4.69) is 0 Å². The molecule has 9 nitrogen and oxygen atoms in total. The smallest absolute Gasteiger partial charge is 0.419 e. The van der Waals surface area contributed by atoms with Gasteiger partial charge in [0.05, 0.1) is 5.52 Å². The Morgan fingerprint density at radius 3 is 2.20 bits per heavy atom. The van der Waals surface area contributed by atoms with Gasteiger partial charge in [-0.3, -0.25) is 9.59 Å². The number of benzene rings is 1. The number of piperazine rings is 1. The maximum atomic E-state index is 13.9. The maximum absolute atomic E-state index is 13.9. The zero-order chi connectivity index (χ0) is 29.6. The minimum atomic E-state index is -1.10. The molecule has 40 heavy (non-hydrogen) atoms. The minimum Gasteiger partial charge on any atom is -0.443 e. The van der Waals surface area contributed by atoms with Crippen LogP contribution in [0.2, 0.25) is 0 Å². The highest BCUT2D eigenvalue weighted by molar-refractivity contribution is 6.06. The van der Waals surface area contributed by atoms with E-state index < -0.39 is 41.4 Å². The van der Waals surface area contributed by atoms with Crippen molar-refractivity contribution in [1.29, 1.82) is 0 Å². The molecule has 1 aromatic carbocycles. The number of rotatable bonds is 4. The number of imide groups is 1. The van der Waals surface area contributed by atoms with Crippen molar-refractivity contribution in [3.8, 4) is 0 Å². The van der Waals surface area contributed by atoms with Gasteiger partial charge >= 0.3 is 12.2 Å². The molecule has 3 amide bonds. The lowest BCUT2D eigenvalue weighted by Gasteiger charge is -2.41. The van der Waals surface area contributed by atoms with E-state index in [1.807, 2.05) is 65.0 Å². The largest absolute Gasteiger partial charge is 0.443 e. The van der Waals surface area contributed by atoms with Crippen LogP contribution in [0.1, 0.15) is 79.5 Å². The van der Waals surface area contributed by atoms with E-state index in [4.69, 9.17) is 9.47 Å². The number of nitrogens with zero attached hydrogens (tertiary/aromatic N) is 3. The van der Waals surface area contributed by atoms with Gasteiger partial charge in [0.25, 0.3) is 5.91 Å². The minimum absolute atomic E-state index is 0.0509. The van der Waals surface area contributed by atoms with Crippen molar-refractivity contribution in [2.45, 2.75) is 104 Å². The number of amides is 3. The molecule has 0 N–H and O–H groups in total. The van der Waals surface area contributed by atoms with E-state index in [0.29, 0.717) is 37.0 Å². The van der Waals surface area contributed by atoms with E-state index in [-0.39, 0.29) is 12.3 Å². The van der Waals surface area contributed by atoms with Crippen LogP contribution in [-0.4, -0.2) is 68.2 Å². The van der Waals surface area contributed by atoms with E-state index in [9.17, 15) is 19.2 Å². The Hall–Kier alpha value is -3.62. The monoisotopic (exact) mass is 551 g/mol. The lowest BCUT2D eigenvalue weighted by molar-refractivity contribution is -0.158. The van der Waals surface area contributed by atoms with Crippen LogP contribution in [0.3, 0.4) is 0 Å². The number of carbonyl (C=O) groups is 4. The Balaban J connectivity index is 1.88. The Bertz CT molecular complexity index is 1370. The van der Waals surface area contributed by atoms with Crippen LogP contribution >= 0.6 is 0 Å². The van der Waals surface area contributed by atoms with Gasteiger partial charge in [-0.1, -0.05) is 29.8 Å². The molecule has 216 valence electrons. The molecule has 0 saturated carbocycles. The average molecular weight is 552 g/mol. The summed E-state index contributed by atoms with van der Waals surface area (Å²) in [6.07, 6.45) is 2.32. The fraction of sp³-hybridized carbons (Fsp3) is 0.548. The highest BCUT2D eigenvalue weighted by atomic mass is 16.6. The van der Waals surface area contributed by atoms with Gasteiger partial charge in [-0.05, 0) is 79.9 Å². The van der Waals surface area contributed by atoms with Crippen LogP contribution < -0.4 is 0 Å². The second kappa shape index (κ2) is 10.7. The summed E-state index contributed by atoms with van der Waals surface area (Å²) in [6.45, 7) is 15.0. The molecule has 2 aliphatic heterocycles. The summed E-state index contributed by atoms with van der Waals surface area (Å²) in [5.41, 5.74) is 1.51. The Labute approximate surface area is 236 Å². The van der Waals surface area contributed by atoms with Gasteiger partial charge in [0, 0.05) is 30.5 Å². The molecular weight excluding hydrogens is 510 g/mol. The third-order valence-electron chi connectivity index (χ3n) is 7.01. The number of hydrogen-bond acceptors (Lipinski definition) is 6. The van der Waals surface area contributed by atoms with Crippen molar-refractivity contribution in [3.05, 3.63) is 47.2 Å². The van der Waals surface area contributed by atoms with Crippen molar-refractivity contribution in [2.24, 2.45) is 0 Å². The van der Waals surface area contributed by atoms with Crippen LogP contribution in [0.5, 0.6) is 0 Å². The predicted octanol–water partition coefficient (Wildman–Crippen LogP) is 5.61.